The summed E-state index contributed by atoms with van der Waals surface area (Å²) in [4.78, 5) is 20.9. The van der Waals surface area contributed by atoms with Crippen LogP contribution in [0.1, 0.15) is 135 Å². The van der Waals surface area contributed by atoms with Crippen molar-refractivity contribution in [2.24, 2.45) is 0 Å². The van der Waals surface area contributed by atoms with Crippen molar-refractivity contribution in [1.29, 1.82) is 0 Å². The number of aliphatic carboxylic acids is 2. The Hall–Kier alpha value is -1.10. The second kappa shape index (κ2) is 21.6. The van der Waals surface area contributed by atoms with Crippen LogP contribution in [0.15, 0.2) is 0 Å². The number of carboxylic acid groups (broad SMARTS) is 2. The zero-order valence-corrected chi connectivity index (χ0v) is 18.6. The number of hydrogen-bond donors (Lipinski definition) is 3. The van der Waals surface area contributed by atoms with E-state index in [4.69, 9.17) is 10.2 Å². The summed E-state index contributed by atoms with van der Waals surface area (Å²) >= 11 is 0. The molecule has 3 N–H and O–H groups in total. The molecule has 0 aliphatic rings. The summed E-state index contributed by atoms with van der Waals surface area (Å²) in [5.41, 5.74) is 0. The first-order valence-corrected chi connectivity index (χ1v) is 12.2. The fourth-order valence-corrected chi connectivity index (χ4v) is 3.74. The molecule has 0 rings (SSSR count). The average molecular weight is 415 g/mol. The second-order valence-corrected chi connectivity index (χ2v) is 8.50. The molecule has 0 aromatic rings. The van der Waals surface area contributed by atoms with Gasteiger partial charge in [0.15, 0.2) is 6.10 Å². The van der Waals surface area contributed by atoms with Crippen LogP contribution in [0.3, 0.4) is 0 Å². The highest BCUT2D eigenvalue weighted by atomic mass is 16.4. The second-order valence-electron chi connectivity index (χ2n) is 8.50. The number of unbranched alkanes of at least 4 members (excludes halogenated alkanes) is 18. The summed E-state index contributed by atoms with van der Waals surface area (Å²) in [7, 11) is 0. The molecule has 0 aliphatic heterocycles. The quantitative estimate of drug-likeness (QED) is 0.162. The fraction of sp³-hybridized carbons (Fsp3) is 0.917. The Morgan fingerprint density at radius 3 is 1.03 bits per heavy atom. The number of carboxylic acids is 2. The van der Waals surface area contributed by atoms with Crippen molar-refractivity contribution in [2.75, 3.05) is 0 Å². The van der Waals surface area contributed by atoms with E-state index < -0.39 is 18.0 Å². The van der Waals surface area contributed by atoms with Gasteiger partial charge in [-0.15, -0.1) is 0 Å². The maximum atomic E-state index is 10.5. The molecule has 5 heteroatoms. The van der Waals surface area contributed by atoms with Crippen LogP contribution in [-0.2, 0) is 9.59 Å². The summed E-state index contributed by atoms with van der Waals surface area (Å²) in [5.74, 6) is -1.78. The van der Waals surface area contributed by atoms with Gasteiger partial charge in [-0.25, -0.2) is 4.79 Å². The van der Waals surface area contributed by atoms with Gasteiger partial charge in [0.1, 0.15) is 0 Å². The molecule has 0 aliphatic carbocycles. The number of rotatable bonds is 23. The van der Waals surface area contributed by atoms with Gasteiger partial charge in [0.2, 0.25) is 0 Å². The van der Waals surface area contributed by atoms with E-state index in [0.717, 1.165) is 32.1 Å². The van der Waals surface area contributed by atoms with Crippen molar-refractivity contribution in [3.05, 3.63) is 0 Å². The summed E-state index contributed by atoms with van der Waals surface area (Å²) in [6.07, 6.45) is 22.7. The third-order valence-corrected chi connectivity index (χ3v) is 5.65. The molecule has 0 fully saturated rings. The summed E-state index contributed by atoms with van der Waals surface area (Å²) in [5, 5.41) is 26.3. The van der Waals surface area contributed by atoms with E-state index in [0.29, 0.717) is 12.8 Å². The predicted octanol–water partition coefficient (Wildman–Crippen LogP) is 6.71. The molecule has 5 nitrogen and oxygen atoms in total. The summed E-state index contributed by atoms with van der Waals surface area (Å²) in [6, 6.07) is 0. The van der Waals surface area contributed by atoms with Gasteiger partial charge in [-0.1, -0.05) is 116 Å². The predicted molar refractivity (Wildman–Crippen MR) is 118 cm³/mol. The minimum absolute atomic E-state index is 0.321. The van der Waals surface area contributed by atoms with Crippen molar-refractivity contribution in [1.82, 2.24) is 0 Å². The van der Waals surface area contributed by atoms with Crippen LogP contribution in [0.4, 0.5) is 0 Å². The molecule has 0 aromatic carbocycles. The van der Waals surface area contributed by atoms with Gasteiger partial charge in [-0.05, 0) is 12.8 Å². The highest BCUT2D eigenvalue weighted by Gasteiger charge is 2.11. The molecule has 1 atom stereocenters. The standard InChI is InChI=1S/C24H46O5/c25-22(24(28)29)20-18-16-14-12-10-8-6-4-2-1-3-5-7-9-11-13-15-17-19-21-23(26)27/h22,25H,1-21H2,(H,26,27)(H,28,29). The Balaban J connectivity index is 3.07. The Bertz CT molecular complexity index is 383. The first-order valence-electron chi connectivity index (χ1n) is 12.2. The van der Waals surface area contributed by atoms with Crippen LogP contribution in [0.2, 0.25) is 0 Å². The Morgan fingerprint density at radius 2 is 0.759 bits per heavy atom. The molecule has 0 amide bonds. The molecule has 0 saturated carbocycles. The van der Waals surface area contributed by atoms with Crippen molar-refractivity contribution >= 4 is 11.9 Å². The largest absolute Gasteiger partial charge is 0.481 e. The van der Waals surface area contributed by atoms with E-state index in [2.05, 4.69) is 0 Å². The first-order chi connectivity index (χ1) is 14.0. The SMILES string of the molecule is O=C(O)CCCCCCCCCCCCCCCCCCCCCC(O)C(=O)O. The zero-order valence-electron chi connectivity index (χ0n) is 18.6. The molecular formula is C24H46O5. The number of aliphatic hydroxyl groups is 1. The van der Waals surface area contributed by atoms with Crippen LogP contribution in [-0.4, -0.2) is 33.4 Å². The lowest BCUT2D eigenvalue weighted by atomic mass is 10.0. The van der Waals surface area contributed by atoms with E-state index in [1.807, 2.05) is 0 Å². The highest BCUT2D eigenvalue weighted by Crippen LogP contribution is 2.15. The van der Waals surface area contributed by atoms with Crippen LogP contribution in [0, 0.1) is 0 Å². The molecule has 1 unspecified atom stereocenters. The van der Waals surface area contributed by atoms with E-state index in [1.165, 1.54) is 89.9 Å². The first kappa shape index (κ1) is 27.9. The Kier molecular flexibility index (Phi) is 20.8. The average Bonchev–Trinajstić information content (AvgIpc) is 2.68. The van der Waals surface area contributed by atoms with E-state index in [9.17, 15) is 14.7 Å². The van der Waals surface area contributed by atoms with Crippen LogP contribution in [0.5, 0.6) is 0 Å². The van der Waals surface area contributed by atoms with Gasteiger partial charge < -0.3 is 15.3 Å². The third-order valence-electron chi connectivity index (χ3n) is 5.65. The minimum Gasteiger partial charge on any atom is -0.481 e. The molecule has 0 spiro atoms. The Morgan fingerprint density at radius 1 is 0.483 bits per heavy atom. The molecule has 29 heavy (non-hydrogen) atoms. The maximum Gasteiger partial charge on any atom is 0.332 e. The van der Waals surface area contributed by atoms with E-state index in [1.54, 1.807) is 0 Å². The van der Waals surface area contributed by atoms with Crippen LogP contribution in [0.25, 0.3) is 0 Å². The van der Waals surface area contributed by atoms with Gasteiger partial charge in [-0.2, -0.15) is 0 Å². The van der Waals surface area contributed by atoms with Gasteiger partial charge in [0.25, 0.3) is 0 Å². The molecular weight excluding hydrogens is 368 g/mol. The van der Waals surface area contributed by atoms with E-state index in [-0.39, 0.29) is 0 Å². The fourth-order valence-electron chi connectivity index (χ4n) is 3.74. The topological polar surface area (TPSA) is 94.8 Å². The van der Waals surface area contributed by atoms with Gasteiger partial charge in [-0.3, -0.25) is 4.79 Å². The molecule has 0 radical (unpaired) electrons. The van der Waals surface area contributed by atoms with Gasteiger partial charge in [0, 0.05) is 6.42 Å². The smallest absolute Gasteiger partial charge is 0.332 e. The third kappa shape index (κ3) is 23.0. The lowest BCUT2D eigenvalue weighted by Crippen LogP contribution is -2.18. The monoisotopic (exact) mass is 414 g/mol. The van der Waals surface area contributed by atoms with Crippen molar-refractivity contribution in [3.8, 4) is 0 Å². The normalized spacial score (nSPS) is 12.2. The lowest BCUT2D eigenvalue weighted by molar-refractivity contribution is -0.147. The van der Waals surface area contributed by atoms with Gasteiger partial charge >= 0.3 is 11.9 Å². The zero-order chi connectivity index (χ0) is 21.6. The highest BCUT2D eigenvalue weighted by molar-refractivity contribution is 5.71. The van der Waals surface area contributed by atoms with E-state index >= 15 is 0 Å². The van der Waals surface area contributed by atoms with Crippen molar-refractivity contribution in [3.63, 3.8) is 0 Å². The minimum atomic E-state index is -1.18. The Labute approximate surface area is 178 Å². The molecule has 0 heterocycles. The maximum absolute atomic E-state index is 10.5. The molecule has 172 valence electrons. The number of aliphatic hydroxyl groups excluding tert-OH is 1. The summed E-state index contributed by atoms with van der Waals surface area (Å²) in [6.45, 7) is 0. The lowest BCUT2D eigenvalue weighted by Gasteiger charge is -2.05. The van der Waals surface area contributed by atoms with Crippen molar-refractivity contribution in [2.45, 2.75) is 141 Å². The number of carbonyl (C=O) groups is 2. The molecule has 0 aromatic heterocycles. The molecule has 0 saturated heterocycles. The van der Waals surface area contributed by atoms with Crippen molar-refractivity contribution < 1.29 is 24.9 Å². The van der Waals surface area contributed by atoms with Gasteiger partial charge in [0.05, 0.1) is 0 Å². The number of hydrogen-bond acceptors (Lipinski definition) is 3. The molecule has 0 bridgehead atoms. The summed E-state index contributed by atoms with van der Waals surface area (Å²) < 4.78 is 0. The van der Waals surface area contributed by atoms with Crippen LogP contribution >= 0.6 is 0 Å². The van der Waals surface area contributed by atoms with Crippen LogP contribution < -0.4 is 0 Å².